The summed E-state index contributed by atoms with van der Waals surface area (Å²) in [6, 6.07) is 4.07. The van der Waals surface area contributed by atoms with E-state index in [9.17, 15) is 0 Å². The van der Waals surface area contributed by atoms with Gasteiger partial charge in [0.25, 0.3) is 0 Å². The van der Waals surface area contributed by atoms with Crippen LogP contribution in [0.2, 0.25) is 0 Å². The number of imidazole rings is 1. The van der Waals surface area contributed by atoms with Crippen LogP contribution in [0.1, 0.15) is 51.5 Å². The van der Waals surface area contributed by atoms with E-state index in [1.165, 1.54) is 32.1 Å². The van der Waals surface area contributed by atoms with Crippen molar-refractivity contribution in [3.63, 3.8) is 0 Å². The molecule has 2 aromatic heterocycles. The van der Waals surface area contributed by atoms with Crippen LogP contribution in [-0.4, -0.2) is 33.6 Å². The molecule has 0 aliphatic heterocycles. The first-order chi connectivity index (χ1) is 13.2. The van der Waals surface area contributed by atoms with E-state index in [4.69, 9.17) is 4.99 Å². The molecule has 2 atom stereocenters. The summed E-state index contributed by atoms with van der Waals surface area (Å²) in [5.41, 5.74) is 1.09. The molecule has 2 aromatic rings. The lowest BCUT2D eigenvalue weighted by molar-refractivity contribution is 0.270. The number of guanidine groups is 1. The van der Waals surface area contributed by atoms with Crippen LogP contribution in [0.25, 0.3) is 5.82 Å². The lowest BCUT2D eigenvalue weighted by Crippen LogP contribution is -2.38. The lowest BCUT2D eigenvalue weighted by Gasteiger charge is -2.26. The minimum Gasteiger partial charge on any atom is -0.357 e. The van der Waals surface area contributed by atoms with Crippen LogP contribution in [0.15, 0.2) is 42.0 Å². The molecule has 0 radical (unpaired) electrons. The van der Waals surface area contributed by atoms with Crippen molar-refractivity contribution in [3.05, 3.63) is 42.6 Å². The molecule has 1 fully saturated rings. The number of aromatic nitrogens is 3. The zero-order chi connectivity index (χ0) is 18.9. The van der Waals surface area contributed by atoms with Gasteiger partial charge in [-0.05, 0) is 43.2 Å². The SMILES string of the molecule is CCNC(=NCc1ccc(-n2ccnc2)nc1)NCCC1CCCC(C)C1. The minimum absolute atomic E-state index is 0.618. The summed E-state index contributed by atoms with van der Waals surface area (Å²) in [4.78, 5) is 13.2. The molecule has 2 unspecified atom stereocenters. The highest BCUT2D eigenvalue weighted by atomic mass is 15.2. The molecular formula is C21H32N6. The van der Waals surface area contributed by atoms with Gasteiger partial charge in [0.05, 0.1) is 6.54 Å². The summed E-state index contributed by atoms with van der Waals surface area (Å²) in [5, 5.41) is 6.83. The third-order valence-corrected chi connectivity index (χ3v) is 5.23. The average Bonchev–Trinajstić information content (AvgIpc) is 3.21. The highest BCUT2D eigenvalue weighted by molar-refractivity contribution is 5.79. The number of rotatable bonds is 7. The Morgan fingerprint density at radius 1 is 1.30 bits per heavy atom. The van der Waals surface area contributed by atoms with Gasteiger partial charge in [-0.15, -0.1) is 0 Å². The van der Waals surface area contributed by atoms with Gasteiger partial charge < -0.3 is 10.6 Å². The predicted octanol–water partition coefficient (Wildman–Crippen LogP) is 3.54. The molecule has 3 rings (SSSR count). The molecule has 6 heteroatoms. The third kappa shape index (κ3) is 6.08. The number of hydrogen-bond donors (Lipinski definition) is 2. The third-order valence-electron chi connectivity index (χ3n) is 5.23. The van der Waals surface area contributed by atoms with Crippen molar-refractivity contribution < 1.29 is 0 Å². The molecule has 1 aliphatic carbocycles. The van der Waals surface area contributed by atoms with E-state index in [1.807, 2.05) is 23.0 Å². The van der Waals surface area contributed by atoms with Gasteiger partial charge in [-0.1, -0.05) is 32.3 Å². The molecule has 0 saturated heterocycles. The molecule has 146 valence electrons. The van der Waals surface area contributed by atoms with Gasteiger partial charge in [0.2, 0.25) is 0 Å². The van der Waals surface area contributed by atoms with Crippen molar-refractivity contribution in [1.82, 2.24) is 25.2 Å². The number of nitrogens with one attached hydrogen (secondary N) is 2. The maximum atomic E-state index is 4.71. The number of hydrogen-bond acceptors (Lipinski definition) is 3. The molecule has 0 amide bonds. The van der Waals surface area contributed by atoms with Crippen LogP contribution < -0.4 is 10.6 Å². The molecule has 0 spiro atoms. The van der Waals surface area contributed by atoms with E-state index in [0.29, 0.717) is 6.54 Å². The standard InChI is InChI=1S/C21H32N6/c1-3-23-21(24-10-9-18-6-4-5-17(2)13-18)26-15-19-7-8-20(25-14-19)27-12-11-22-16-27/h7-8,11-12,14,16-18H,3-6,9-10,13,15H2,1-2H3,(H2,23,24,26). The Hall–Kier alpha value is -2.37. The van der Waals surface area contributed by atoms with Gasteiger partial charge in [0.1, 0.15) is 12.1 Å². The summed E-state index contributed by atoms with van der Waals surface area (Å²) in [6.07, 6.45) is 14.1. The van der Waals surface area contributed by atoms with Crippen molar-refractivity contribution in [1.29, 1.82) is 0 Å². The Bertz CT molecular complexity index is 692. The van der Waals surface area contributed by atoms with Gasteiger partial charge in [0, 0.05) is 31.7 Å². The molecule has 2 heterocycles. The van der Waals surface area contributed by atoms with Crippen molar-refractivity contribution in [2.75, 3.05) is 13.1 Å². The number of nitrogens with zero attached hydrogens (tertiary/aromatic N) is 4. The summed E-state index contributed by atoms with van der Waals surface area (Å²) in [7, 11) is 0. The molecule has 27 heavy (non-hydrogen) atoms. The van der Waals surface area contributed by atoms with E-state index in [0.717, 1.165) is 42.3 Å². The van der Waals surface area contributed by atoms with Crippen LogP contribution >= 0.6 is 0 Å². The Morgan fingerprint density at radius 3 is 2.93 bits per heavy atom. The van der Waals surface area contributed by atoms with Crippen molar-refractivity contribution in [2.45, 2.75) is 52.5 Å². The maximum absolute atomic E-state index is 4.71. The van der Waals surface area contributed by atoms with E-state index < -0.39 is 0 Å². The van der Waals surface area contributed by atoms with Crippen LogP contribution in [0.5, 0.6) is 0 Å². The van der Waals surface area contributed by atoms with Crippen molar-refractivity contribution >= 4 is 5.96 Å². The Morgan fingerprint density at radius 2 is 2.22 bits per heavy atom. The fourth-order valence-electron chi connectivity index (χ4n) is 3.79. The fourth-order valence-corrected chi connectivity index (χ4v) is 3.79. The van der Waals surface area contributed by atoms with E-state index in [1.54, 1.807) is 12.5 Å². The molecule has 0 aromatic carbocycles. The highest BCUT2D eigenvalue weighted by Crippen LogP contribution is 2.30. The average molecular weight is 369 g/mol. The summed E-state index contributed by atoms with van der Waals surface area (Å²) >= 11 is 0. The lowest BCUT2D eigenvalue weighted by atomic mass is 9.81. The second kappa shape index (κ2) is 10.1. The summed E-state index contributed by atoms with van der Waals surface area (Å²) in [6.45, 7) is 6.96. The first-order valence-corrected chi connectivity index (χ1v) is 10.2. The zero-order valence-electron chi connectivity index (χ0n) is 16.6. The molecule has 6 nitrogen and oxygen atoms in total. The van der Waals surface area contributed by atoms with Gasteiger partial charge in [-0.25, -0.2) is 15.0 Å². The number of pyridine rings is 1. The normalized spacial score (nSPS) is 20.4. The van der Waals surface area contributed by atoms with E-state index in [2.05, 4.69) is 40.5 Å². The van der Waals surface area contributed by atoms with Crippen LogP contribution in [0.4, 0.5) is 0 Å². The van der Waals surface area contributed by atoms with Gasteiger partial charge in [0.15, 0.2) is 5.96 Å². The minimum atomic E-state index is 0.618. The maximum Gasteiger partial charge on any atom is 0.191 e. The monoisotopic (exact) mass is 368 g/mol. The van der Waals surface area contributed by atoms with Crippen molar-refractivity contribution in [3.8, 4) is 5.82 Å². The second-order valence-electron chi connectivity index (χ2n) is 7.54. The fraction of sp³-hybridized carbons (Fsp3) is 0.571. The smallest absolute Gasteiger partial charge is 0.191 e. The van der Waals surface area contributed by atoms with Crippen molar-refractivity contribution in [2.24, 2.45) is 16.8 Å². The van der Waals surface area contributed by atoms with E-state index >= 15 is 0 Å². The summed E-state index contributed by atoms with van der Waals surface area (Å²) in [5.74, 6) is 3.51. The number of aliphatic imine (C=N–C) groups is 1. The van der Waals surface area contributed by atoms with Crippen LogP contribution in [0, 0.1) is 11.8 Å². The quantitative estimate of drug-likeness (QED) is 0.579. The van der Waals surface area contributed by atoms with Crippen LogP contribution in [-0.2, 0) is 6.54 Å². The molecule has 0 bridgehead atoms. The zero-order valence-corrected chi connectivity index (χ0v) is 16.6. The van der Waals surface area contributed by atoms with E-state index in [-0.39, 0.29) is 0 Å². The molecule has 1 aliphatic rings. The van der Waals surface area contributed by atoms with Gasteiger partial charge in [-0.2, -0.15) is 0 Å². The topological polar surface area (TPSA) is 67.1 Å². The van der Waals surface area contributed by atoms with Gasteiger partial charge in [-0.3, -0.25) is 4.57 Å². The predicted molar refractivity (Wildman–Crippen MR) is 110 cm³/mol. The molecular weight excluding hydrogens is 336 g/mol. The Kier molecular flexibility index (Phi) is 7.25. The van der Waals surface area contributed by atoms with Gasteiger partial charge >= 0.3 is 0 Å². The second-order valence-corrected chi connectivity index (χ2v) is 7.54. The Labute approximate surface area is 162 Å². The first-order valence-electron chi connectivity index (χ1n) is 10.2. The van der Waals surface area contributed by atoms with Crippen LogP contribution in [0.3, 0.4) is 0 Å². The summed E-state index contributed by atoms with van der Waals surface area (Å²) < 4.78 is 1.89. The first kappa shape index (κ1) is 19.4. The Balaban J connectivity index is 1.49. The molecule has 1 saturated carbocycles. The molecule has 2 N–H and O–H groups in total. The largest absolute Gasteiger partial charge is 0.357 e. The highest BCUT2D eigenvalue weighted by Gasteiger charge is 2.18.